The number of anilines is 3. The van der Waals surface area contributed by atoms with Crippen LogP contribution in [0.15, 0.2) is 71.9 Å². The largest absolute Gasteiger partial charge is 0.612 e. The molecule has 3 aromatic rings. The van der Waals surface area contributed by atoms with Crippen LogP contribution >= 0.6 is 0 Å². The number of halogens is 3. The smallest absolute Gasteiger partial charge is 0.416 e. The molecule has 0 aliphatic carbocycles. The van der Waals surface area contributed by atoms with Crippen molar-refractivity contribution in [1.29, 1.82) is 0 Å². The maximum Gasteiger partial charge on any atom is 0.416 e. The number of rotatable bonds is 6. The molecule has 0 bridgehead atoms. The van der Waals surface area contributed by atoms with E-state index >= 15 is 0 Å². The molecule has 1 unspecified atom stereocenters. The van der Waals surface area contributed by atoms with Crippen LogP contribution in [0.3, 0.4) is 0 Å². The standard InChI is InChI=1S/C25H26F3N3O2S/c1-33-24-11-14-29-17-23(24)31(20-5-3-18(4-6-20)25(26,27)28)21-12-15-30(16-13-21)19-7-9-22(10-8-19)34(2)32/h3-11,14,17,21H,12-13,15-16H2,1-2H3. The van der Waals surface area contributed by atoms with E-state index in [9.17, 15) is 17.7 Å². The molecule has 1 aromatic heterocycles. The third-order valence-corrected chi connectivity index (χ3v) is 7.01. The van der Waals surface area contributed by atoms with Gasteiger partial charge < -0.3 is 19.1 Å². The summed E-state index contributed by atoms with van der Waals surface area (Å²) in [5.41, 5.74) is 1.76. The van der Waals surface area contributed by atoms with E-state index in [1.165, 1.54) is 12.1 Å². The van der Waals surface area contributed by atoms with Crippen LogP contribution in [0.25, 0.3) is 0 Å². The van der Waals surface area contributed by atoms with Gasteiger partial charge in [-0.05, 0) is 72.5 Å². The van der Waals surface area contributed by atoms with Crippen LogP contribution < -0.4 is 14.5 Å². The number of alkyl halides is 3. The van der Waals surface area contributed by atoms with E-state index in [0.29, 0.717) is 11.4 Å². The molecular formula is C25H26F3N3O2S. The van der Waals surface area contributed by atoms with E-state index < -0.39 is 22.9 Å². The molecule has 1 saturated heterocycles. The third-order valence-electron chi connectivity index (χ3n) is 6.08. The Morgan fingerprint density at radius 1 is 1.03 bits per heavy atom. The number of hydrogen-bond acceptors (Lipinski definition) is 5. The summed E-state index contributed by atoms with van der Waals surface area (Å²) in [6.45, 7) is 1.55. The molecule has 1 atom stereocenters. The summed E-state index contributed by atoms with van der Waals surface area (Å²) in [5.74, 6) is 0.612. The predicted molar refractivity (Wildman–Crippen MR) is 128 cm³/mol. The number of ether oxygens (including phenoxy) is 1. The van der Waals surface area contributed by atoms with Gasteiger partial charge in [0, 0.05) is 42.8 Å². The number of nitrogens with zero attached hydrogens (tertiary/aromatic N) is 3. The number of pyridine rings is 1. The minimum absolute atomic E-state index is 0.0495. The zero-order valence-corrected chi connectivity index (χ0v) is 19.8. The molecule has 180 valence electrons. The van der Waals surface area contributed by atoms with Crippen molar-refractivity contribution < 1.29 is 22.5 Å². The second-order valence-corrected chi connectivity index (χ2v) is 9.51. The molecule has 9 heteroatoms. The minimum Gasteiger partial charge on any atom is -0.612 e. The van der Waals surface area contributed by atoms with E-state index in [1.54, 1.807) is 31.8 Å². The van der Waals surface area contributed by atoms with Gasteiger partial charge in [0.25, 0.3) is 0 Å². The fourth-order valence-electron chi connectivity index (χ4n) is 4.32. The summed E-state index contributed by atoms with van der Waals surface area (Å²) in [4.78, 5) is 9.33. The molecule has 34 heavy (non-hydrogen) atoms. The maximum atomic E-state index is 13.1. The molecule has 2 heterocycles. The van der Waals surface area contributed by atoms with Crippen molar-refractivity contribution in [2.45, 2.75) is 30.0 Å². The molecule has 1 fully saturated rings. The number of methoxy groups -OCH3 is 1. The first kappa shape index (κ1) is 24.2. The van der Waals surface area contributed by atoms with Gasteiger partial charge in [0.05, 0.1) is 18.9 Å². The van der Waals surface area contributed by atoms with Crippen LogP contribution in [0.4, 0.5) is 30.2 Å². The van der Waals surface area contributed by atoms with Crippen molar-refractivity contribution in [3.8, 4) is 5.75 Å². The van der Waals surface area contributed by atoms with E-state index in [4.69, 9.17) is 4.74 Å². The Morgan fingerprint density at radius 3 is 2.24 bits per heavy atom. The molecule has 1 aliphatic heterocycles. The Hall–Kier alpha value is -2.91. The Labute approximate surface area is 200 Å². The van der Waals surface area contributed by atoms with Crippen LogP contribution in [-0.4, -0.2) is 42.0 Å². The summed E-state index contributed by atoms with van der Waals surface area (Å²) in [6, 6.07) is 14.8. The second-order valence-electron chi connectivity index (χ2n) is 8.13. The molecule has 1 aliphatic rings. The molecule has 0 radical (unpaired) electrons. The average Bonchev–Trinajstić information content (AvgIpc) is 2.85. The lowest BCUT2D eigenvalue weighted by Crippen LogP contribution is -2.43. The number of piperidine rings is 1. The lowest BCUT2D eigenvalue weighted by molar-refractivity contribution is -0.137. The van der Waals surface area contributed by atoms with Crippen molar-refractivity contribution in [2.75, 3.05) is 36.3 Å². The van der Waals surface area contributed by atoms with Gasteiger partial charge in [0.1, 0.15) is 17.7 Å². The molecule has 5 nitrogen and oxygen atoms in total. The summed E-state index contributed by atoms with van der Waals surface area (Å²) in [6.07, 6.45) is 2.17. The monoisotopic (exact) mass is 489 g/mol. The van der Waals surface area contributed by atoms with Crippen LogP contribution in [-0.2, 0) is 17.4 Å². The van der Waals surface area contributed by atoms with Crippen molar-refractivity contribution in [3.63, 3.8) is 0 Å². The third kappa shape index (κ3) is 5.26. The van der Waals surface area contributed by atoms with E-state index in [2.05, 4.69) is 9.88 Å². The van der Waals surface area contributed by atoms with Gasteiger partial charge >= 0.3 is 6.18 Å². The lowest BCUT2D eigenvalue weighted by Gasteiger charge is -2.41. The highest BCUT2D eigenvalue weighted by atomic mass is 32.2. The molecule has 2 aromatic carbocycles. The zero-order chi connectivity index (χ0) is 24.3. The van der Waals surface area contributed by atoms with Gasteiger partial charge in [-0.15, -0.1) is 0 Å². The fraction of sp³-hybridized carbons (Fsp3) is 0.320. The normalized spacial score (nSPS) is 15.8. The van der Waals surface area contributed by atoms with Gasteiger partial charge in [0.2, 0.25) is 0 Å². The van der Waals surface area contributed by atoms with E-state index in [1.807, 2.05) is 29.2 Å². The Kier molecular flexibility index (Phi) is 7.23. The molecule has 0 saturated carbocycles. The van der Waals surface area contributed by atoms with Gasteiger partial charge in [-0.25, -0.2) is 0 Å². The molecular weight excluding hydrogens is 463 g/mol. The fourth-order valence-corrected chi connectivity index (χ4v) is 4.83. The Morgan fingerprint density at radius 2 is 1.68 bits per heavy atom. The summed E-state index contributed by atoms with van der Waals surface area (Å²) < 4.78 is 56.6. The van der Waals surface area contributed by atoms with Crippen molar-refractivity contribution in [3.05, 3.63) is 72.6 Å². The van der Waals surface area contributed by atoms with E-state index in [-0.39, 0.29) is 6.04 Å². The summed E-state index contributed by atoms with van der Waals surface area (Å²) in [7, 11) is 1.57. The highest BCUT2D eigenvalue weighted by Gasteiger charge is 2.32. The highest BCUT2D eigenvalue weighted by Crippen LogP contribution is 2.39. The number of benzene rings is 2. The zero-order valence-electron chi connectivity index (χ0n) is 19.0. The number of aromatic nitrogens is 1. The van der Waals surface area contributed by atoms with E-state index in [0.717, 1.165) is 54.3 Å². The minimum atomic E-state index is -4.39. The SMILES string of the molecule is COc1ccncc1N(c1ccc(C(F)(F)F)cc1)C1CCN(c2ccc([S+](C)[O-])cc2)CC1. The number of hydrogen-bond donors (Lipinski definition) is 0. The van der Waals surface area contributed by atoms with Crippen LogP contribution in [0, 0.1) is 0 Å². The first-order valence-electron chi connectivity index (χ1n) is 10.9. The maximum absolute atomic E-state index is 13.1. The van der Waals surface area contributed by atoms with Crippen LogP contribution in [0.5, 0.6) is 5.75 Å². The van der Waals surface area contributed by atoms with Crippen LogP contribution in [0.2, 0.25) is 0 Å². The van der Waals surface area contributed by atoms with Gasteiger partial charge in [-0.2, -0.15) is 13.2 Å². The van der Waals surface area contributed by atoms with Gasteiger partial charge in [-0.1, -0.05) is 0 Å². The molecule has 0 spiro atoms. The predicted octanol–water partition coefficient (Wildman–Crippen LogP) is 5.65. The topological polar surface area (TPSA) is 51.7 Å². The van der Waals surface area contributed by atoms with Crippen molar-refractivity contribution in [1.82, 2.24) is 4.98 Å². The van der Waals surface area contributed by atoms with Gasteiger partial charge in [0.15, 0.2) is 4.90 Å². The second kappa shape index (κ2) is 10.1. The molecule has 0 amide bonds. The van der Waals surface area contributed by atoms with Crippen LogP contribution in [0.1, 0.15) is 18.4 Å². The quantitative estimate of drug-likeness (QED) is 0.419. The molecule has 0 N–H and O–H groups in total. The van der Waals surface area contributed by atoms with Gasteiger partial charge in [-0.3, -0.25) is 4.98 Å². The Bertz CT molecular complexity index is 1080. The lowest BCUT2D eigenvalue weighted by atomic mass is 10.00. The van der Waals surface area contributed by atoms with Crippen molar-refractivity contribution >= 4 is 28.2 Å². The molecule has 4 rings (SSSR count). The average molecular weight is 490 g/mol. The first-order chi connectivity index (χ1) is 16.3. The highest BCUT2D eigenvalue weighted by molar-refractivity contribution is 7.90. The Balaban J connectivity index is 1.59. The summed E-state index contributed by atoms with van der Waals surface area (Å²) in [5, 5.41) is 0. The first-order valence-corrected chi connectivity index (χ1v) is 12.5. The van der Waals surface area contributed by atoms with Crippen molar-refractivity contribution in [2.24, 2.45) is 0 Å². The summed E-state index contributed by atoms with van der Waals surface area (Å²) >= 11 is -1.02.